The second kappa shape index (κ2) is 5.47. The van der Waals surface area contributed by atoms with E-state index >= 15 is 0 Å². The zero-order valence-corrected chi connectivity index (χ0v) is 11.7. The molecule has 19 heavy (non-hydrogen) atoms. The van der Waals surface area contributed by atoms with Gasteiger partial charge in [-0.3, -0.25) is 0 Å². The number of thiocarbonyl (C=S) groups is 1. The summed E-state index contributed by atoms with van der Waals surface area (Å²) in [4.78, 5) is 0.336. The predicted octanol–water partition coefficient (Wildman–Crippen LogP) is 3.85. The number of phenolic OH excluding ortho intramolecular Hbond substituents is 2. The largest absolute Gasteiger partial charge is 0.508 e. The molecule has 0 spiro atoms. The Morgan fingerprint density at radius 2 is 1.89 bits per heavy atom. The fourth-order valence-electron chi connectivity index (χ4n) is 1.62. The zero-order chi connectivity index (χ0) is 14.0. The molecular weight excluding hydrogens is 282 g/mol. The topological polar surface area (TPSA) is 52.5 Å². The lowest BCUT2D eigenvalue weighted by molar-refractivity contribution is 0.450. The molecule has 0 saturated heterocycles. The molecule has 0 aliphatic heterocycles. The van der Waals surface area contributed by atoms with Crippen molar-refractivity contribution in [2.45, 2.75) is 6.92 Å². The van der Waals surface area contributed by atoms with Gasteiger partial charge in [-0.1, -0.05) is 29.9 Å². The van der Waals surface area contributed by atoms with E-state index in [1.807, 2.05) is 25.1 Å². The molecule has 0 atom stereocenters. The van der Waals surface area contributed by atoms with Crippen LogP contribution in [0.1, 0.15) is 11.1 Å². The van der Waals surface area contributed by atoms with Gasteiger partial charge in [-0.2, -0.15) is 0 Å². The van der Waals surface area contributed by atoms with Crippen LogP contribution < -0.4 is 5.32 Å². The van der Waals surface area contributed by atoms with Crippen molar-refractivity contribution in [2.75, 3.05) is 5.32 Å². The molecule has 3 N–H and O–H groups in total. The van der Waals surface area contributed by atoms with Crippen LogP contribution in [0.25, 0.3) is 0 Å². The Morgan fingerprint density at radius 1 is 1.16 bits per heavy atom. The molecule has 0 radical (unpaired) electrons. The third kappa shape index (κ3) is 3.16. The van der Waals surface area contributed by atoms with Crippen molar-refractivity contribution < 1.29 is 10.2 Å². The van der Waals surface area contributed by atoms with E-state index in [0.29, 0.717) is 21.3 Å². The number of rotatable bonds is 2. The van der Waals surface area contributed by atoms with Crippen LogP contribution in [0, 0.1) is 6.92 Å². The van der Waals surface area contributed by atoms with Gasteiger partial charge in [0.15, 0.2) is 0 Å². The van der Waals surface area contributed by atoms with Crippen LogP contribution in [-0.2, 0) is 0 Å². The molecule has 98 valence electrons. The Kier molecular flexibility index (Phi) is 3.93. The summed E-state index contributed by atoms with van der Waals surface area (Å²) in [6, 6.07) is 9.79. The first-order chi connectivity index (χ1) is 8.97. The van der Waals surface area contributed by atoms with E-state index in [1.165, 1.54) is 12.1 Å². The molecule has 2 rings (SSSR count). The molecule has 0 saturated carbocycles. The zero-order valence-electron chi connectivity index (χ0n) is 10.1. The van der Waals surface area contributed by atoms with Crippen molar-refractivity contribution in [1.29, 1.82) is 0 Å². The molecule has 3 nitrogen and oxygen atoms in total. The number of benzene rings is 2. The minimum atomic E-state index is -0.0827. The first-order valence-corrected chi connectivity index (χ1v) is 6.35. The van der Waals surface area contributed by atoms with E-state index < -0.39 is 0 Å². The van der Waals surface area contributed by atoms with E-state index in [-0.39, 0.29) is 11.5 Å². The van der Waals surface area contributed by atoms with Crippen LogP contribution in [0.5, 0.6) is 11.5 Å². The van der Waals surface area contributed by atoms with Gasteiger partial charge in [-0.05, 0) is 36.8 Å². The lowest BCUT2D eigenvalue weighted by Crippen LogP contribution is -2.11. The van der Waals surface area contributed by atoms with Gasteiger partial charge in [0.1, 0.15) is 16.5 Å². The van der Waals surface area contributed by atoms with Crippen molar-refractivity contribution >= 4 is 34.5 Å². The Labute approximate surface area is 121 Å². The molecule has 0 unspecified atom stereocenters. The van der Waals surface area contributed by atoms with E-state index in [2.05, 4.69) is 5.32 Å². The third-order valence-corrected chi connectivity index (χ3v) is 3.23. The molecule has 0 aliphatic carbocycles. The number of aromatic hydroxyl groups is 2. The minimum absolute atomic E-state index is 0.0163. The van der Waals surface area contributed by atoms with Crippen molar-refractivity contribution in [2.24, 2.45) is 0 Å². The molecular formula is C14H12ClNO2S. The maximum Gasteiger partial charge on any atom is 0.129 e. The normalized spacial score (nSPS) is 10.2. The summed E-state index contributed by atoms with van der Waals surface area (Å²) >= 11 is 11.3. The average Bonchev–Trinajstić information content (AvgIpc) is 2.32. The van der Waals surface area contributed by atoms with Gasteiger partial charge < -0.3 is 15.5 Å². The van der Waals surface area contributed by atoms with Crippen LogP contribution in [-0.4, -0.2) is 15.2 Å². The van der Waals surface area contributed by atoms with Gasteiger partial charge in [0.2, 0.25) is 0 Å². The fourth-order valence-corrected chi connectivity index (χ4v) is 2.19. The molecule has 2 aromatic rings. The summed E-state index contributed by atoms with van der Waals surface area (Å²) in [5, 5.41) is 22.5. The second-order valence-electron chi connectivity index (χ2n) is 4.14. The first kappa shape index (κ1) is 13.6. The molecule has 0 fully saturated rings. The number of nitrogens with one attached hydrogen (secondary N) is 1. The Hall–Kier alpha value is -1.78. The first-order valence-electron chi connectivity index (χ1n) is 5.57. The highest BCUT2D eigenvalue weighted by Crippen LogP contribution is 2.27. The van der Waals surface area contributed by atoms with Gasteiger partial charge in [0.05, 0.1) is 16.3 Å². The number of hydrogen-bond acceptors (Lipinski definition) is 3. The lowest BCUT2D eigenvalue weighted by atomic mass is 10.1. The van der Waals surface area contributed by atoms with Gasteiger partial charge in [0, 0.05) is 6.07 Å². The van der Waals surface area contributed by atoms with Crippen LogP contribution in [0.3, 0.4) is 0 Å². The Morgan fingerprint density at radius 3 is 2.53 bits per heavy atom. The van der Waals surface area contributed by atoms with E-state index in [1.54, 1.807) is 6.07 Å². The van der Waals surface area contributed by atoms with Crippen molar-refractivity contribution in [3.8, 4) is 11.5 Å². The fraction of sp³-hybridized carbons (Fsp3) is 0.0714. The molecule has 5 heteroatoms. The number of anilines is 1. The van der Waals surface area contributed by atoms with Gasteiger partial charge in [0.25, 0.3) is 0 Å². The molecule has 0 aromatic heterocycles. The summed E-state index contributed by atoms with van der Waals surface area (Å²) in [5.41, 5.74) is 2.16. The average molecular weight is 294 g/mol. The van der Waals surface area contributed by atoms with E-state index in [0.717, 1.165) is 5.56 Å². The highest BCUT2D eigenvalue weighted by Gasteiger charge is 2.10. The number of phenols is 2. The number of aryl methyl sites for hydroxylation is 1. The molecule has 0 amide bonds. The maximum absolute atomic E-state index is 9.73. The monoisotopic (exact) mass is 293 g/mol. The SMILES string of the molecule is Cc1ccc(NC(=S)c2ccc(O)cc2O)c(Cl)c1. The van der Waals surface area contributed by atoms with Crippen molar-refractivity contribution in [1.82, 2.24) is 0 Å². The maximum atomic E-state index is 9.73. The van der Waals surface area contributed by atoms with Crippen LogP contribution in [0.2, 0.25) is 5.02 Å². The number of hydrogen-bond donors (Lipinski definition) is 3. The smallest absolute Gasteiger partial charge is 0.129 e. The van der Waals surface area contributed by atoms with Gasteiger partial charge >= 0.3 is 0 Å². The molecule has 0 aliphatic rings. The van der Waals surface area contributed by atoms with Crippen LogP contribution in [0.15, 0.2) is 36.4 Å². The van der Waals surface area contributed by atoms with Crippen LogP contribution >= 0.6 is 23.8 Å². The van der Waals surface area contributed by atoms with E-state index in [4.69, 9.17) is 23.8 Å². The quantitative estimate of drug-likeness (QED) is 0.736. The van der Waals surface area contributed by atoms with Crippen molar-refractivity contribution in [3.63, 3.8) is 0 Å². The lowest BCUT2D eigenvalue weighted by Gasteiger charge is -2.11. The number of halogens is 1. The second-order valence-corrected chi connectivity index (χ2v) is 4.95. The predicted molar refractivity (Wildman–Crippen MR) is 81.3 cm³/mol. The summed E-state index contributed by atoms with van der Waals surface area (Å²) < 4.78 is 0. The highest BCUT2D eigenvalue weighted by atomic mass is 35.5. The summed E-state index contributed by atoms with van der Waals surface area (Å²) in [6.07, 6.45) is 0. The summed E-state index contributed by atoms with van der Waals surface area (Å²) in [7, 11) is 0. The minimum Gasteiger partial charge on any atom is -0.508 e. The summed E-state index contributed by atoms with van der Waals surface area (Å²) in [6.45, 7) is 1.94. The highest BCUT2D eigenvalue weighted by molar-refractivity contribution is 7.81. The molecule has 0 heterocycles. The van der Waals surface area contributed by atoms with E-state index in [9.17, 15) is 10.2 Å². The molecule has 2 aromatic carbocycles. The Balaban J connectivity index is 2.25. The van der Waals surface area contributed by atoms with Gasteiger partial charge in [-0.15, -0.1) is 0 Å². The third-order valence-electron chi connectivity index (χ3n) is 2.60. The van der Waals surface area contributed by atoms with Crippen molar-refractivity contribution in [3.05, 3.63) is 52.5 Å². The van der Waals surface area contributed by atoms with Crippen LogP contribution in [0.4, 0.5) is 5.69 Å². The van der Waals surface area contributed by atoms with Gasteiger partial charge in [-0.25, -0.2) is 0 Å². The standard InChI is InChI=1S/C14H12ClNO2S/c1-8-2-5-12(11(15)6-8)16-14(19)10-4-3-9(17)7-13(10)18/h2-7,17-18H,1H3,(H,16,19). The Bertz CT molecular complexity index is 643. The summed E-state index contributed by atoms with van der Waals surface area (Å²) in [5.74, 6) is -0.0989. The molecule has 0 bridgehead atoms.